The topological polar surface area (TPSA) is 74.2 Å². The van der Waals surface area contributed by atoms with E-state index >= 15 is 0 Å². The summed E-state index contributed by atoms with van der Waals surface area (Å²) in [4.78, 5) is 4.13. The molecule has 14 heavy (non-hydrogen) atoms. The van der Waals surface area contributed by atoms with Gasteiger partial charge in [0.05, 0.1) is 0 Å². The first-order chi connectivity index (χ1) is 6.31. The normalized spacial score (nSPS) is 26.1. The van der Waals surface area contributed by atoms with E-state index in [0.29, 0.717) is 24.2 Å². The van der Waals surface area contributed by atoms with Crippen LogP contribution in [-0.4, -0.2) is 23.3 Å². The number of nitrogens with two attached hydrogens (primary N) is 1. The highest BCUT2D eigenvalue weighted by molar-refractivity contribution is 5.85. The molecule has 1 aliphatic heterocycles. The fourth-order valence-electron chi connectivity index (χ4n) is 1.58. The van der Waals surface area contributed by atoms with E-state index < -0.39 is 0 Å². The smallest absolute Gasteiger partial charge is 0.256 e. The molecule has 0 amide bonds. The number of aryl methyl sites for hydroxylation is 1. The van der Waals surface area contributed by atoms with E-state index in [2.05, 4.69) is 10.1 Å². The lowest BCUT2D eigenvalue weighted by atomic mass is 10.0. The van der Waals surface area contributed by atoms with Crippen LogP contribution in [0.5, 0.6) is 0 Å². The van der Waals surface area contributed by atoms with Crippen LogP contribution in [0, 0.1) is 12.8 Å². The molecule has 1 aliphatic rings. The molecule has 80 valence electrons. The van der Waals surface area contributed by atoms with Gasteiger partial charge in [0.25, 0.3) is 5.89 Å². The zero-order valence-corrected chi connectivity index (χ0v) is 8.79. The summed E-state index contributed by atoms with van der Waals surface area (Å²) in [6.45, 7) is 3.12. The molecule has 1 saturated heterocycles. The summed E-state index contributed by atoms with van der Waals surface area (Å²) in [5.41, 5.74) is 5.60. The fraction of sp³-hybridized carbons (Fsp3) is 0.750. The Morgan fingerprint density at radius 3 is 2.93 bits per heavy atom. The zero-order valence-electron chi connectivity index (χ0n) is 7.97. The average molecular weight is 220 g/mol. The van der Waals surface area contributed by atoms with Crippen LogP contribution in [0.1, 0.15) is 24.2 Å². The molecule has 0 aromatic carbocycles. The van der Waals surface area contributed by atoms with Crippen LogP contribution in [0.25, 0.3) is 0 Å². The Labute approximate surface area is 88.4 Å². The van der Waals surface area contributed by atoms with Gasteiger partial charge in [-0.3, -0.25) is 0 Å². The Hall–Kier alpha value is -0.650. The van der Waals surface area contributed by atoms with Crippen LogP contribution in [-0.2, 0) is 4.74 Å². The minimum absolute atomic E-state index is 0. The standard InChI is InChI=1S/C8H13N3O2.ClH/c1-5-10-8(13-11-5)7-6(4-9)2-3-12-7;/h6-7H,2-4,9H2,1H3;1H. The first kappa shape index (κ1) is 11.4. The molecule has 0 spiro atoms. The van der Waals surface area contributed by atoms with Gasteiger partial charge in [-0.05, 0) is 19.9 Å². The van der Waals surface area contributed by atoms with Crippen LogP contribution in [0.15, 0.2) is 4.52 Å². The molecule has 6 heteroatoms. The maximum Gasteiger partial charge on any atom is 0.256 e. The molecular formula is C8H14ClN3O2. The van der Waals surface area contributed by atoms with Crippen LogP contribution < -0.4 is 5.73 Å². The lowest BCUT2D eigenvalue weighted by Crippen LogP contribution is -2.18. The van der Waals surface area contributed by atoms with Crippen molar-refractivity contribution in [2.45, 2.75) is 19.4 Å². The molecule has 0 saturated carbocycles. The number of rotatable bonds is 2. The second kappa shape index (κ2) is 4.72. The maximum absolute atomic E-state index is 5.60. The lowest BCUT2D eigenvalue weighted by molar-refractivity contribution is 0.0642. The van der Waals surface area contributed by atoms with E-state index in [1.807, 2.05) is 0 Å². The molecule has 2 unspecified atom stereocenters. The Balaban J connectivity index is 0.000000980. The van der Waals surface area contributed by atoms with Gasteiger partial charge in [-0.15, -0.1) is 12.4 Å². The van der Waals surface area contributed by atoms with Crippen molar-refractivity contribution in [3.8, 4) is 0 Å². The number of hydrogen-bond donors (Lipinski definition) is 1. The third-order valence-corrected chi connectivity index (χ3v) is 2.30. The number of nitrogens with zero attached hydrogens (tertiary/aromatic N) is 2. The number of hydrogen-bond acceptors (Lipinski definition) is 5. The molecule has 1 aromatic heterocycles. The fourth-order valence-corrected chi connectivity index (χ4v) is 1.58. The van der Waals surface area contributed by atoms with Crippen molar-refractivity contribution in [1.82, 2.24) is 10.1 Å². The van der Waals surface area contributed by atoms with Gasteiger partial charge in [0.15, 0.2) is 5.82 Å². The minimum atomic E-state index is -0.0915. The quantitative estimate of drug-likeness (QED) is 0.798. The van der Waals surface area contributed by atoms with Gasteiger partial charge in [0, 0.05) is 12.5 Å². The summed E-state index contributed by atoms with van der Waals surface area (Å²) < 4.78 is 10.5. The molecule has 1 aromatic rings. The third kappa shape index (κ3) is 2.05. The number of aromatic nitrogens is 2. The Bertz CT molecular complexity index is 292. The van der Waals surface area contributed by atoms with Crippen LogP contribution in [0.2, 0.25) is 0 Å². The molecule has 2 atom stereocenters. The Kier molecular flexibility index (Phi) is 3.86. The van der Waals surface area contributed by atoms with E-state index in [1.165, 1.54) is 0 Å². The van der Waals surface area contributed by atoms with Crippen molar-refractivity contribution in [3.63, 3.8) is 0 Å². The Morgan fingerprint density at radius 2 is 2.36 bits per heavy atom. The summed E-state index contributed by atoms with van der Waals surface area (Å²) in [5.74, 6) is 1.52. The van der Waals surface area contributed by atoms with Crippen molar-refractivity contribution < 1.29 is 9.26 Å². The summed E-state index contributed by atoms with van der Waals surface area (Å²) in [6, 6.07) is 0. The zero-order chi connectivity index (χ0) is 9.26. The molecule has 0 bridgehead atoms. The van der Waals surface area contributed by atoms with Gasteiger partial charge >= 0.3 is 0 Å². The van der Waals surface area contributed by atoms with E-state index in [4.69, 9.17) is 15.0 Å². The van der Waals surface area contributed by atoms with Crippen molar-refractivity contribution in [1.29, 1.82) is 0 Å². The molecular weight excluding hydrogens is 206 g/mol. The van der Waals surface area contributed by atoms with Gasteiger partial charge in [0.1, 0.15) is 6.10 Å². The summed E-state index contributed by atoms with van der Waals surface area (Å²) >= 11 is 0. The predicted octanol–water partition coefficient (Wildman–Crippen LogP) is 0.836. The first-order valence-electron chi connectivity index (χ1n) is 4.43. The first-order valence-corrected chi connectivity index (χ1v) is 4.43. The van der Waals surface area contributed by atoms with Gasteiger partial charge in [-0.1, -0.05) is 5.16 Å². The van der Waals surface area contributed by atoms with Crippen molar-refractivity contribution in [2.75, 3.05) is 13.2 Å². The van der Waals surface area contributed by atoms with E-state index in [-0.39, 0.29) is 18.5 Å². The van der Waals surface area contributed by atoms with E-state index in [1.54, 1.807) is 6.92 Å². The maximum atomic E-state index is 5.60. The molecule has 1 fully saturated rings. The molecule has 2 rings (SSSR count). The van der Waals surface area contributed by atoms with E-state index in [9.17, 15) is 0 Å². The third-order valence-electron chi connectivity index (χ3n) is 2.30. The van der Waals surface area contributed by atoms with Crippen LogP contribution >= 0.6 is 12.4 Å². The van der Waals surface area contributed by atoms with Gasteiger partial charge in [0.2, 0.25) is 0 Å². The second-order valence-electron chi connectivity index (χ2n) is 3.26. The summed E-state index contributed by atoms with van der Waals surface area (Å²) in [7, 11) is 0. The molecule has 2 N–H and O–H groups in total. The van der Waals surface area contributed by atoms with Crippen LogP contribution in [0.4, 0.5) is 0 Å². The molecule has 5 nitrogen and oxygen atoms in total. The summed E-state index contributed by atoms with van der Waals surface area (Å²) in [6.07, 6.45) is 0.883. The minimum Gasteiger partial charge on any atom is -0.368 e. The van der Waals surface area contributed by atoms with Gasteiger partial charge in [-0.25, -0.2) is 0 Å². The molecule has 0 aliphatic carbocycles. The highest BCUT2D eigenvalue weighted by Gasteiger charge is 2.32. The van der Waals surface area contributed by atoms with E-state index in [0.717, 1.165) is 13.0 Å². The van der Waals surface area contributed by atoms with Crippen molar-refractivity contribution >= 4 is 12.4 Å². The number of halogens is 1. The molecule has 2 heterocycles. The van der Waals surface area contributed by atoms with Gasteiger partial charge in [-0.2, -0.15) is 4.98 Å². The molecule has 0 radical (unpaired) electrons. The highest BCUT2D eigenvalue weighted by atomic mass is 35.5. The largest absolute Gasteiger partial charge is 0.368 e. The lowest BCUT2D eigenvalue weighted by Gasteiger charge is -2.11. The average Bonchev–Trinajstić information content (AvgIpc) is 2.71. The Morgan fingerprint density at radius 1 is 1.57 bits per heavy atom. The summed E-state index contributed by atoms with van der Waals surface area (Å²) in [5, 5.41) is 3.72. The number of ether oxygens (including phenoxy) is 1. The second-order valence-corrected chi connectivity index (χ2v) is 3.26. The van der Waals surface area contributed by atoms with Crippen molar-refractivity contribution in [2.24, 2.45) is 11.7 Å². The highest BCUT2D eigenvalue weighted by Crippen LogP contribution is 2.32. The monoisotopic (exact) mass is 219 g/mol. The van der Waals surface area contributed by atoms with Crippen LogP contribution in [0.3, 0.4) is 0 Å². The van der Waals surface area contributed by atoms with Gasteiger partial charge < -0.3 is 15.0 Å². The SMILES string of the molecule is Cc1noc(C2OCCC2CN)n1.Cl. The van der Waals surface area contributed by atoms with Crippen molar-refractivity contribution in [3.05, 3.63) is 11.7 Å². The predicted molar refractivity (Wildman–Crippen MR) is 52.1 cm³/mol.